The number of hydrogen-bond donors (Lipinski definition) is 0. The molecule has 0 saturated carbocycles. The Kier molecular flexibility index (Phi) is 5.85. The molecule has 8 heteroatoms. The van der Waals surface area contributed by atoms with Crippen molar-refractivity contribution in [3.8, 4) is 0 Å². The summed E-state index contributed by atoms with van der Waals surface area (Å²) >= 11 is 6.11. The maximum Gasteiger partial charge on any atom is 0.274 e. The van der Waals surface area contributed by atoms with Gasteiger partial charge in [0.25, 0.3) is 17.5 Å². The Morgan fingerprint density at radius 1 is 1.04 bits per heavy atom. The normalized spacial score (nSPS) is 11.0. The molecule has 2 rings (SSSR count). The van der Waals surface area contributed by atoms with Gasteiger partial charge in [-0.1, -0.05) is 29.8 Å². The third-order valence-corrected chi connectivity index (χ3v) is 4.15. The maximum atomic E-state index is 13.1. The number of carbonyl (C=O) groups is 2. The summed E-state index contributed by atoms with van der Waals surface area (Å²) in [5.74, 6) is -0.897. The fourth-order valence-corrected chi connectivity index (χ4v) is 2.91. The molecule has 0 radical (unpaired) electrons. The number of non-ortho nitro benzene ring substituents is 1. The minimum Gasteiger partial charge on any atom is -0.267 e. The van der Waals surface area contributed by atoms with Gasteiger partial charge in [-0.3, -0.25) is 19.7 Å². The topological polar surface area (TPSA) is 83.8 Å². The lowest BCUT2D eigenvalue weighted by Crippen LogP contribution is -2.56. The van der Waals surface area contributed by atoms with Crippen LogP contribution in [0, 0.1) is 10.1 Å². The van der Waals surface area contributed by atoms with Gasteiger partial charge < -0.3 is 0 Å². The average Bonchev–Trinajstić information content (AvgIpc) is 2.60. The smallest absolute Gasteiger partial charge is 0.267 e. The highest BCUT2D eigenvalue weighted by Crippen LogP contribution is 2.27. The Balaban J connectivity index is 2.43. The fourth-order valence-electron chi connectivity index (χ4n) is 2.65. The zero-order chi connectivity index (χ0) is 20.4. The van der Waals surface area contributed by atoms with Gasteiger partial charge in [0.05, 0.1) is 21.0 Å². The number of amides is 2. The molecule has 0 N–H and O–H groups in total. The first-order chi connectivity index (χ1) is 12.5. The van der Waals surface area contributed by atoms with E-state index in [4.69, 9.17) is 11.6 Å². The Bertz CT molecular complexity index is 878. The van der Waals surface area contributed by atoms with Crippen molar-refractivity contribution in [1.29, 1.82) is 0 Å². The third-order valence-electron chi connectivity index (χ3n) is 3.84. The Hall–Kier alpha value is -2.93. The molecule has 0 aromatic heterocycles. The Morgan fingerprint density at radius 3 is 2.11 bits per heavy atom. The van der Waals surface area contributed by atoms with Crippen LogP contribution in [0.1, 0.15) is 41.5 Å². The lowest BCUT2D eigenvalue weighted by atomic mass is 10.1. The van der Waals surface area contributed by atoms with E-state index in [1.807, 2.05) is 0 Å². The molecular weight excluding hydrogens is 370 g/mol. The number of benzene rings is 2. The Labute approximate surface area is 162 Å². The number of carbonyl (C=O) groups excluding carboxylic acids is 2. The molecule has 0 saturated heterocycles. The van der Waals surface area contributed by atoms with Gasteiger partial charge in [0, 0.05) is 24.7 Å². The van der Waals surface area contributed by atoms with Gasteiger partial charge >= 0.3 is 0 Å². The standard InChI is InChI=1S/C19H20ClN3O4/c1-19(2,3)22(21(4)17(24)13-8-6-5-7-9-13)18(25)15-11-10-14(23(26)27)12-16(15)20/h5-12H,1-4H3. The summed E-state index contributed by atoms with van der Waals surface area (Å²) in [6.45, 7) is 5.33. The van der Waals surface area contributed by atoms with Gasteiger partial charge in [0.2, 0.25) is 0 Å². The van der Waals surface area contributed by atoms with E-state index in [2.05, 4.69) is 0 Å². The van der Waals surface area contributed by atoms with Crippen LogP contribution >= 0.6 is 11.6 Å². The first-order valence-corrected chi connectivity index (χ1v) is 8.53. The molecule has 0 aliphatic carbocycles. The molecule has 7 nitrogen and oxygen atoms in total. The quantitative estimate of drug-likeness (QED) is 0.582. The molecule has 0 fully saturated rings. The molecule has 0 aliphatic rings. The molecule has 0 spiro atoms. The van der Waals surface area contributed by atoms with Gasteiger partial charge in [-0.15, -0.1) is 0 Å². The van der Waals surface area contributed by atoms with Crippen LogP contribution in [0.15, 0.2) is 48.5 Å². The number of hydrazine groups is 1. The highest BCUT2D eigenvalue weighted by atomic mass is 35.5. The summed E-state index contributed by atoms with van der Waals surface area (Å²) < 4.78 is 0. The van der Waals surface area contributed by atoms with Crippen molar-refractivity contribution in [3.63, 3.8) is 0 Å². The van der Waals surface area contributed by atoms with Gasteiger partial charge in [-0.05, 0) is 39.0 Å². The maximum absolute atomic E-state index is 13.1. The average molecular weight is 390 g/mol. The van der Waals surface area contributed by atoms with Crippen LogP contribution in [0.2, 0.25) is 5.02 Å². The molecule has 2 amide bonds. The second-order valence-corrected chi connectivity index (χ2v) is 7.31. The zero-order valence-corrected chi connectivity index (χ0v) is 16.2. The summed E-state index contributed by atoms with van der Waals surface area (Å²) in [6.07, 6.45) is 0. The van der Waals surface area contributed by atoms with Crippen molar-refractivity contribution in [2.75, 3.05) is 7.05 Å². The highest BCUT2D eigenvalue weighted by Gasteiger charge is 2.35. The van der Waals surface area contributed by atoms with Gasteiger partial charge in [0.15, 0.2) is 0 Å². The van der Waals surface area contributed by atoms with Crippen molar-refractivity contribution < 1.29 is 14.5 Å². The molecule has 2 aromatic rings. The molecule has 0 bridgehead atoms. The first kappa shape index (κ1) is 20.4. The van der Waals surface area contributed by atoms with E-state index in [1.165, 1.54) is 29.2 Å². The van der Waals surface area contributed by atoms with Crippen LogP contribution in [0.3, 0.4) is 0 Å². The largest absolute Gasteiger partial charge is 0.274 e. The summed E-state index contributed by atoms with van der Waals surface area (Å²) in [5.41, 5.74) is -0.462. The third kappa shape index (κ3) is 4.43. The molecule has 2 aromatic carbocycles. The van der Waals surface area contributed by atoms with E-state index in [0.717, 1.165) is 6.07 Å². The van der Waals surface area contributed by atoms with Crippen molar-refractivity contribution >= 4 is 29.1 Å². The van der Waals surface area contributed by atoms with Crippen LogP contribution in [0.4, 0.5) is 5.69 Å². The van der Waals surface area contributed by atoms with E-state index in [9.17, 15) is 19.7 Å². The number of rotatable bonds is 3. The van der Waals surface area contributed by atoms with E-state index < -0.39 is 16.4 Å². The minimum absolute atomic E-state index is 0.0518. The first-order valence-electron chi connectivity index (χ1n) is 8.15. The summed E-state index contributed by atoms with van der Waals surface area (Å²) in [4.78, 5) is 36.2. The van der Waals surface area contributed by atoms with Crippen LogP contribution in [-0.2, 0) is 0 Å². The molecule has 27 heavy (non-hydrogen) atoms. The van der Waals surface area contributed by atoms with Crippen molar-refractivity contribution in [2.24, 2.45) is 0 Å². The summed E-state index contributed by atoms with van der Waals surface area (Å²) in [6, 6.07) is 12.2. The van der Waals surface area contributed by atoms with Gasteiger partial charge in [0.1, 0.15) is 0 Å². The summed E-state index contributed by atoms with van der Waals surface area (Å²) in [7, 11) is 1.50. The number of nitro benzene ring substituents is 1. The van der Waals surface area contributed by atoms with Crippen LogP contribution in [0.5, 0.6) is 0 Å². The van der Waals surface area contributed by atoms with E-state index in [0.29, 0.717) is 5.56 Å². The molecule has 0 atom stereocenters. The van der Waals surface area contributed by atoms with Crippen LogP contribution in [-0.4, -0.2) is 39.3 Å². The number of nitrogens with zero attached hydrogens (tertiary/aromatic N) is 3. The molecular formula is C19H20ClN3O4. The molecule has 0 unspecified atom stereocenters. The fraction of sp³-hybridized carbons (Fsp3) is 0.263. The van der Waals surface area contributed by atoms with Crippen molar-refractivity contribution in [3.05, 3.63) is 74.8 Å². The SMILES string of the molecule is CN(C(=O)c1ccccc1)N(C(=O)c1ccc([N+](=O)[O-])cc1Cl)C(C)(C)C. The summed E-state index contributed by atoms with van der Waals surface area (Å²) in [5, 5.41) is 13.3. The zero-order valence-electron chi connectivity index (χ0n) is 15.5. The van der Waals surface area contributed by atoms with Crippen LogP contribution in [0.25, 0.3) is 0 Å². The van der Waals surface area contributed by atoms with Gasteiger partial charge in [-0.2, -0.15) is 0 Å². The van der Waals surface area contributed by atoms with Gasteiger partial charge in [-0.25, -0.2) is 10.0 Å². The monoisotopic (exact) mass is 389 g/mol. The van der Waals surface area contributed by atoms with Crippen LogP contribution < -0.4 is 0 Å². The second kappa shape index (κ2) is 7.75. The predicted octanol–water partition coefficient (Wildman–Crippen LogP) is 4.18. The van der Waals surface area contributed by atoms with E-state index in [1.54, 1.807) is 51.1 Å². The number of halogens is 1. The minimum atomic E-state index is -0.749. The van der Waals surface area contributed by atoms with Crippen molar-refractivity contribution in [1.82, 2.24) is 10.0 Å². The molecule has 0 aliphatic heterocycles. The highest BCUT2D eigenvalue weighted by molar-refractivity contribution is 6.34. The molecule has 0 heterocycles. The van der Waals surface area contributed by atoms with Crippen molar-refractivity contribution in [2.45, 2.75) is 26.3 Å². The number of hydrogen-bond acceptors (Lipinski definition) is 4. The number of nitro groups is 1. The van der Waals surface area contributed by atoms with E-state index >= 15 is 0 Å². The lowest BCUT2D eigenvalue weighted by molar-refractivity contribution is -0.384. The predicted molar refractivity (Wildman–Crippen MR) is 103 cm³/mol. The second-order valence-electron chi connectivity index (χ2n) is 6.90. The molecule has 142 valence electrons. The Morgan fingerprint density at radius 2 is 1.63 bits per heavy atom. The lowest BCUT2D eigenvalue weighted by Gasteiger charge is -2.41. The van der Waals surface area contributed by atoms with E-state index in [-0.39, 0.29) is 22.2 Å².